The van der Waals surface area contributed by atoms with Gasteiger partial charge in [0.25, 0.3) is 0 Å². The van der Waals surface area contributed by atoms with Gasteiger partial charge in [0.2, 0.25) is 0 Å². The zero-order valence-corrected chi connectivity index (χ0v) is 7.11. The molecule has 34 valence electrons. The van der Waals surface area contributed by atoms with E-state index in [0.717, 1.165) is 0 Å². The zero-order valence-electron chi connectivity index (χ0n) is 4.01. The summed E-state index contributed by atoms with van der Waals surface area (Å²) in [4.78, 5) is 8.08. The average molecular weight is 134 g/mol. The second-order valence-corrected chi connectivity index (χ2v) is 3.88. The largest absolute Gasteiger partial charge is 0.345 e. The van der Waals surface area contributed by atoms with Crippen molar-refractivity contribution in [1.29, 1.82) is 0 Å². The Morgan fingerprint density at radius 3 is 1.50 bits per heavy atom. The van der Waals surface area contributed by atoms with Gasteiger partial charge in [-0.2, -0.15) is 0 Å². The summed E-state index contributed by atoms with van der Waals surface area (Å²) in [6, 6.07) is 0. The monoisotopic (exact) mass is 134 g/mol. The third kappa shape index (κ3) is 51.3. The molecule has 0 fully saturated rings. The summed E-state index contributed by atoms with van der Waals surface area (Å²) < 4.78 is 9.77. The first-order valence-electron chi connectivity index (χ1n) is 1.28. The predicted octanol–water partition coefficient (Wildman–Crippen LogP) is 0.136. The summed E-state index contributed by atoms with van der Waals surface area (Å²) in [7, 11) is -2.64. The summed E-state index contributed by atoms with van der Waals surface area (Å²) in [5, 5.41) is 0. The Labute approximate surface area is 67.4 Å². The summed E-state index contributed by atoms with van der Waals surface area (Å²) >= 11 is 0. The summed E-state index contributed by atoms with van der Waals surface area (Å²) in [6.45, 7) is 2.60. The second-order valence-electron chi connectivity index (χ2n) is 1.29. The van der Waals surface area contributed by atoms with E-state index in [2.05, 4.69) is 0 Å². The molecule has 0 aromatic heterocycles. The quantitative estimate of drug-likeness (QED) is 0.378. The Morgan fingerprint density at radius 2 is 1.50 bits per heavy atom. The molecular formula is C2H7CaO2P. The van der Waals surface area contributed by atoms with E-state index >= 15 is 0 Å². The van der Waals surface area contributed by atoms with E-state index < -0.39 is 7.37 Å². The molecule has 0 heterocycles. The van der Waals surface area contributed by atoms with E-state index in [1.807, 2.05) is 0 Å². The molecule has 0 amide bonds. The van der Waals surface area contributed by atoms with Crippen molar-refractivity contribution in [2.24, 2.45) is 0 Å². The summed E-state index contributed by atoms with van der Waals surface area (Å²) in [5.74, 6) is 0. The Morgan fingerprint density at radius 1 is 1.50 bits per heavy atom. The van der Waals surface area contributed by atoms with Crippen LogP contribution in [0.25, 0.3) is 0 Å². The van der Waals surface area contributed by atoms with Crippen LogP contribution in [0.2, 0.25) is 0 Å². The first kappa shape index (κ1) is 10.4. The molecule has 0 saturated carbocycles. The van der Waals surface area contributed by atoms with Crippen LogP contribution in [0.3, 0.4) is 0 Å². The Hall–Kier alpha value is 1.45. The van der Waals surface area contributed by atoms with Crippen LogP contribution in [0.1, 0.15) is 0 Å². The minimum Gasteiger partial charge on any atom is -0.345 e. The van der Waals surface area contributed by atoms with Crippen molar-refractivity contribution in [3.63, 3.8) is 0 Å². The van der Waals surface area contributed by atoms with Crippen molar-refractivity contribution in [1.82, 2.24) is 0 Å². The number of hydrogen-bond acceptors (Lipinski definition) is 1. The van der Waals surface area contributed by atoms with Gasteiger partial charge in [0.1, 0.15) is 0 Å². The van der Waals surface area contributed by atoms with E-state index in [-0.39, 0.29) is 37.7 Å². The molecule has 0 unspecified atom stereocenters. The van der Waals surface area contributed by atoms with E-state index in [9.17, 15) is 4.57 Å². The predicted molar refractivity (Wildman–Crippen MR) is 27.4 cm³/mol. The van der Waals surface area contributed by atoms with Crippen LogP contribution < -0.4 is 0 Å². The molecule has 0 atom stereocenters. The van der Waals surface area contributed by atoms with Gasteiger partial charge in [-0.15, -0.1) is 0 Å². The molecule has 0 aliphatic carbocycles. The van der Waals surface area contributed by atoms with Crippen molar-refractivity contribution in [3.8, 4) is 0 Å². The van der Waals surface area contributed by atoms with Crippen LogP contribution >= 0.6 is 7.37 Å². The van der Waals surface area contributed by atoms with Gasteiger partial charge in [-0.1, -0.05) is 0 Å². The Kier molecular flexibility index (Phi) is 6.00. The molecule has 0 aliphatic heterocycles. The van der Waals surface area contributed by atoms with Gasteiger partial charge in [-0.05, 0) is 0 Å². The number of hydrogen-bond donors (Lipinski definition) is 1. The molecule has 0 spiro atoms. The second kappa shape index (κ2) is 3.45. The summed E-state index contributed by atoms with van der Waals surface area (Å²) in [5.41, 5.74) is 0. The molecule has 4 heteroatoms. The molecule has 0 saturated heterocycles. The molecule has 0 aliphatic rings. The topological polar surface area (TPSA) is 37.3 Å². The molecule has 0 rings (SSSR count). The Balaban J connectivity index is 0. The fourth-order valence-electron chi connectivity index (χ4n) is 0. The third-order valence-electron chi connectivity index (χ3n) is 0. The fourth-order valence-corrected chi connectivity index (χ4v) is 0. The van der Waals surface area contributed by atoms with Crippen molar-refractivity contribution in [2.45, 2.75) is 0 Å². The van der Waals surface area contributed by atoms with Crippen LogP contribution in [-0.2, 0) is 4.57 Å². The van der Waals surface area contributed by atoms with E-state index in [4.69, 9.17) is 4.89 Å². The van der Waals surface area contributed by atoms with Crippen molar-refractivity contribution in [2.75, 3.05) is 13.3 Å². The minimum absolute atomic E-state index is 0. The van der Waals surface area contributed by atoms with Crippen LogP contribution in [-0.4, -0.2) is 56.0 Å². The van der Waals surface area contributed by atoms with E-state index in [0.29, 0.717) is 0 Å². The van der Waals surface area contributed by atoms with Crippen LogP contribution in [0.5, 0.6) is 0 Å². The van der Waals surface area contributed by atoms with E-state index in [1.54, 1.807) is 0 Å². The molecule has 0 bridgehead atoms. The molecular weight excluding hydrogens is 127 g/mol. The van der Waals surface area contributed by atoms with Gasteiger partial charge in [-0.3, -0.25) is 4.57 Å². The van der Waals surface area contributed by atoms with Gasteiger partial charge in [0, 0.05) is 51.1 Å². The average Bonchev–Trinajstić information content (AvgIpc) is 0.722. The molecule has 2 nitrogen and oxygen atoms in total. The Bertz CT molecular complexity index is 57.7. The first-order chi connectivity index (χ1) is 2.00. The van der Waals surface area contributed by atoms with Crippen molar-refractivity contribution >= 4 is 45.1 Å². The van der Waals surface area contributed by atoms with Gasteiger partial charge >= 0.3 is 0 Å². The molecule has 1 N–H and O–H groups in total. The van der Waals surface area contributed by atoms with Gasteiger partial charge < -0.3 is 4.89 Å². The van der Waals surface area contributed by atoms with Crippen molar-refractivity contribution < 1.29 is 9.46 Å². The minimum atomic E-state index is -2.64. The van der Waals surface area contributed by atoms with Crippen molar-refractivity contribution in [3.05, 3.63) is 0 Å². The van der Waals surface area contributed by atoms with Gasteiger partial charge in [0.05, 0.1) is 0 Å². The van der Waals surface area contributed by atoms with Crippen LogP contribution in [0.4, 0.5) is 0 Å². The molecule has 2 radical (unpaired) electrons. The van der Waals surface area contributed by atoms with Gasteiger partial charge in [-0.25, -0.2) is 0 Å². The summed E-state index contributed by atoms with van der Waals surface area (Å²) in [6.07, 6.45) is 0. The zero-order chi connectivity index (χ0) is 4.50. The molecule has 0 aromatic rings. The van der Waals surface area contributed by atoms with Crippen LogP contribution in [0, 0.1) is 0 Å². The molecule has 0 aromatic carbocycles. The SMILES string of the molecule is CP(C)(=O)O.[Ca]. The first-order valence-corrected chi connectivity index (χ1v) is 3.83. The maximum atomic E-state index is 9.77. The smallest absolute Gasteiger partial charge is 0.194 e. The molecule has 6 heavy (non-hydrogen) atoms. The van der Waals surface area contributed by atoms with Crippen LogP contribution in [0.15, 0.2) is 0 Å². The van der Waals surface area contributed by atoms with E-state index in [1.165, 1.54) is 13.3 Å². The normalized spacial score (nSPS) is 9.83. The maximum Gasteiger partial charge on any atom is 0.194 e. The van der Waals surface area contributed by atoms with Gasteiger partial charge in [0.15, 0.2) is 7.37 Å². The maximum absolute atomic E-state index is 9.77. The third-order valence-corrected chi connectivity index (χ3v) is 0. The fraction of sp³-hybridized carbons (Fsp3) is 1.00. The number of rotatable bonds is 0. The standard InChI is InChI=1S/C2H7O2P.Ca/c1-5(2,3)4;/h1-2H3,(H,3,4);.